The third kappa shape index (κ3) is 1.83. The van der Waals surface area contributed by atoms with E-state index in [4.69, 9.17) is 9.47 Å². The van der Waals surface area contributed by atoms with Gasteiger partial charge in [0.2, 0.25) is 0 Å². The van der Waals surface area contributed by atoms with Gasteiger partial charge in [0.1, 0.15) is 6.33 Å². The third-order valence-electron chi connectivity index (χ3n) is 2.09. The molecular formula is C11H12N2O2. The minimum Gasteiger partial charge on any atom is -0.493 e. The van der Waals surface area contributed by atoms with Gasteiger partial charge in [0.15, 0.2) is 11.5 Å². The van der Waals surface area contributed by atoms with E-state index in [-0.39, 0.29) is 0 Å². The molecule has 0 aliphatic heterocycles. The van der Waals surface area contributed by atoms with Crippen molar-refractivity contribution in [2.24, 2.45) is 0 Å². The van der Waals surface area contributed by atoms with Crippen molar-refractivity contribution in [2.45, 2.75) is 6.92 Å². The first kappa shape index (κ1) is 9.71. The Morgan fingerprint density at radius 3 is 2.87 bits per heavy atom. The zero-order chi connectivity index (χ0) is 10.7. The molecule has 0 fully saturated rings. The Bertz CT molecular complexity index is 471. The second-order valence-corrected chi connectivity index (χ2v) is 3.02. The first-order valence-corrected chi connectivity index (χ1v) is 4.75. The zero-order valence-electron chi connectivity index (χ0n) is 8.73. The van der Waals surface area contributed by atoms with E-state index < -0.39 is 0 Å². The third-order valence-corrected chi connectivity index (χ3v) is 2.09. The Morgan fingerprint density at radius 1 is 1.27 bits per heavy atom. The van der Waals surface area contributed by atoms with Gasteiger partial charge in [-0.2, -0.15) is 0 Å². The van der Waals surface area contributed by atoms with Crippen molar-refractivity contribution in [3.05, 3.63) is 24.7 Å². The predicted octanol–water partition coefficient (Wildman–Crippen LogP) is 2.04. The first-order chi connectivity index (χ1) is 7.35. The Hall–Kier alpha value is -1.84. The van der Waals surface area contributed by atoms with Crippen molar-refractivity contribution in [3.8, 4) is 11.5 Å². The summed E-state index contributed by atoms with van der Waals surface area (Å²) in [7, 11) is 1.62. The second-order valence-electron chi connectivity index (χ2n) is 3.02. The van der Waals surface area contributed by atoms with Crippen LogP contribution in [0.1, 0.15) is 6.92 Å². The molecule has 0 aliphatic rings. The van der Waals surface area contributed by atoms with E-state index in [1.807, 2.05) is 19.1 Å². The van der Waals surface area contributed by atoms with E-state index in [0.717, 1.165) is 16.7 Å². The standard InChI is InChI=1S/C11H12N2O2/c1-3-15-11-4-8-6-12-7-13-9(8)5-10(11)14-2/h4-7H,3H2,1-2H3. The monoisotopic (exact) mass is 204 g/mol. The summed E-state index contributed by atoms with van der Waals surface area (Å²) in [5.41, 5.74) is 0.852. The second kappa shape index (κ2) is 4.13. The SMILES string of the molecule is CCOc1cc2cncnc2cc1OC. The Morgan fingerprint density at radius 2 is 2.13 bits per heavy atom. The van der Waals surface area contributed by atoms with Crippen LogP contribution in [-0.4, -0.2) is 23.7 Å². The van der Waals surface area contributed by atoms with Gasteiger partial charge >= 0.3 is 0 Å². The summed E-state index contributed by atoms with van der Waals surface area (Å²) >= 11 is 0. The molecule has 0 aliphatic carbocycles. The maximum Gasteiger partial charge on any atom is 0.162 e. The van der Waals surface area contributed by atoms with E-state index in [2.05, 4.69) is 9.97 Å². The zero-order valence-corrected chi connectivity index (χ0v) is 8.73. The smallest absolute Gasteiger partial charge is 0.162 e. The van der Waals surface area contributed by atoms with E-state index in [0.29, 0.717) is 12.4 Å². The number of nitrogens with zero attached hydrogens (tertiary/aromatic N) is 2. The molecule has 78 valence electrons. The molecule has 0 N–H and O–H groups in total. The number of methoxy groups -OCH3 is 1. The highest BCUT2D eigenvalue weighted by Crippen LogP contribution is 2.30. The summed E-state index contributed by atoms with van der Waals surface area (Å²) < 4.78 is 10.7. The molecule has 0 saturated carbocycles. The van der Waals surface area contributed by atoms with E-state index in [1.54, 1.807) is 13.3 Å². The molecule has 2 aromatic rings. The van der Waals surface area contributed by atoms with Crippen LogP contribution in [0, 0.1) is 0 Å². The topological polar surface area (TPSA) is 44.2 Å². The number of rotatable bonds is 3. The molecule has 0 amide bonds. The van der Waals surface area contributed by atoms with Crippen molar-refractivity contribution in [3.63, 3.8) is 0 Å². The number of hydrogen-bond donors (Lipinski definition) is 0. The average Bonchev–Trinajstić information content (AvgIpc) is 2.28. The number of benzene rings is 1. The minimum absolute atomic E-state index is 0.607. The maximum absolute atomic E-state index is 5.46. The van der Waals surface area contributed by atoms with Crippen molar-refractivity contribution >= 4 is 10.9 Å². The molecule has 4 nitrogen and oxygen atoms in total. The summed E-state index contributed by atoms with van der Waals surface area (Å²) in [5, 5.41) is 0.946. The van der Waals surface area contributed by atoms with E-state index >= 15 is 0 Å². The molecule has 1 aromatic carbocycles. The number of fused-ring (bicyclic) bond motifs is 1. The highest BCUT2D eigenvalue weighted by molar-refractivity contribution is 5.81. The summed E-state index contributed by atoms with van der Waals surface area (Å²) in [6.45, 7) is 2.54. The van der Waals surface area contributed by atoms with Crippen LogP contribution in [0.2, 0.25) is 0 Å². The molecule has 4 heteroatoms. The largest absolute Gasteiger partial charge is 0.493 e. The van der Waals surface area contributed by atoms with Gasteiger partial charge in [-0.1, -0.05) is 0 Å². The molecule has 2 rings (SSSR count). The Labute approximate surface area is 87.9 Å². The van der Waals surface area contributed by atoms with Crippen molar-refractivity contribution in [1.29, 1.82) is 0 Å². The van der Waals surface area contributed by atoms with Crippen molar-refractivity contribution < 1.29 is 9.47 Å². The summed E-state index contributed by atoms with van der Waals surface area (Å²) in [6.07, 6.45) is 3.27. The van der Waals surface area contributed by atoms with Crippen molar-refractivity contribution in [2.75, 3.05) is 13.7 Å². The lowest BCUT2D eigenvalue weighted by Gasteiger charge is -2.09. The van der Waals surface area contributed by atoms with Gasteiger partial charge in [-0.15, -0.1) is 0 Å². The van der Waals surface area contributed by atoms with Crippen LogP contribution in [0.3, 0.4) is 0 Å². The maximum atomic E-state index is 5.46. The molecule has 15 heavy (non-hydrogen) atoms. The Balaban J connectivity index is 2.58. The van der Waals surface area contributed by atoms with Crippen LogP contribution in [0.25, 0.3) is 10.9 Å². The molecular weight excluding hydrogens is 192 g/mol. The van der Waals surface area contributed by atoms with Crippen LogP contribution in [0.4, 0.5) is 0 Å². The fraction of sp³-hybridized carbons (Fsp3) is 0.273. The summed E-state index contributed by atoms with van der Waals surface area (Å²) in [4.78, 5) is 8.11. The predicted molar refractivity (Wildman–Crippen MR) is 57.3 cm³/mol. The van der Waals surface area contributed by atoms with Crippen LogP contribution < -0.4 is 9.47 Å². The van der Waals surface area contributed by atoms with E-state index in [9.17, 15) is 0 Å². The van der Waals surface area contributed by atoms with Crippen molar-refractivity contribution in [1.82, 2.24) is 9.97 Å². The lowest BCUT2D eigenvalue weighted by Crippen LogP contribution is -1.96. The van der Waals surface area contributed by atoms with Gasteiger partial charge in [-0.05, 0) is 13.0 Å². The molecule has 1 aromatic heterocycles. The molecule has 0 spiro atoms. The minimum atomic E-state index is 0.607. The molecule has 0 saturated heterocycles. The number of aromatic nitrogens is 2. The lowest BCUT2D eigenvalue weighted by atomic mass is 10.2. The van der Waals surface area contributed by atoms with Gasteiger partial charge in [-0.25, -0.2) is 9.97 Å². The highest BCUT2D eigenvalue weighted by atomic mass is 16.5. The molecule has 0 bridgehead atoms. The number of ether oxygens (including phenoxy) is 2. The van der Waals surface area contributed by atoms with Gasteiger partial charge < -0.3 is 9.47 Å². The van der Waals surface area contributed by atoms with Gasteiger partial charge in [-0.3, -0.25) is 0 Å². The Kier molecular flexibility index (Phi) is 2.67. The van der Waals surface area contributed by atoms with Crippen LogP contribution >= 0.6 is 0 Å². The van der Waals surface area contributed by atoms with Gasteiger partial charge in [0, 0.05) is 17.6 Å². The first-order valence-electron chi connectivity index (χ1n) is 4.75. The fourth-order valence-electron chi connectivity index (χ4n) is 1.42. The molecule has 1 heterocycles. The fourth-order valence-corrected chi connectivity index (χ4v) is 1.42. The molecule has 0 atom stereocenters. The molecule has 0 unspecified atom stereocenters. The highest BCUT2D eigenvalue weighted by Gasteiger charge is 2.06. The normalized spacial score (nSPS) is 10.3. The lowest BCUT2D eigenvalue weighted by molar-refractivity contribution is 0.311. The summed E-state index contributed by atoms with van der Waals surface area (Å²) in [6, 6.07) is 3.74. The van der Waals surface area contributed by atoms with Crippen LogP contribution in [0.15, 0.2) is 24.7 Å². The van der Waals surface area contributed by atoms with Gasteiger partial charge in [0.25, 0.3) is 0 Å². The average molecular weight is 204 g/mol. The quantitative estimate of drug-likeness (QED) is 0.767. The number of hydrogen-bond acceptors (Lipinski definition) is 4. The van der Waals surface area contributed by atoms with Crippen LogP contribution in [-0.2, 0) is 0 Å². The van der Waals surface area contributed by atoms with Gasteiger partial charge in [0.05, 0.1) is 19.2 Å². The molecule has 0 radical (unpaired) electrons. The van der Waals surface area contributed by atoms with Crippen LogP contribution in [0.5, 0.6) is 11.5 Å². The van der Waals surface area contributed by atoms with E-state index in [1.165, 1.54) is 6.33 Å². The summed E-state index contributed by atoms with van der Waals surface area (Å²) in [5.74, 6) is 1.42.